The van der Waals surface area contributed by atoms with Gasteiger partial charge in [0, 0.05) is 30.6 Å². The summed E-state index contributed by atoms with van der Waals surface area (Å²) in [6, 6.07) is 8.52. The van der Waals surface area contributed by atoms with E-state index in [-0.39, 0.29) is 17.4 Å². The van der Waals surface area contributed by atoms with Gasteiger partial charge in [0.1, 0.15) is 5.60 Å². The molecule has 1 aromatic carbocycles. The molecule has 5 rings (SSSR count). The van der Waals surface area contributed by atoms with E-state index in [0.29, 0.717) is 6.61 Å². The summed E-state index contributed by atoms with van der Waals surface area (Å²) in [6.07, 6.45) is 4.65. The summed E-state index contributed by atoms with van der Waals surface area (Å²) in [5.41, 5.74) is 3.59. The molecule has 1 unspecified atom stereocenters. The quantitative estimate of drug-likeness (QED) is 0.857. The van der Waals surface area contributed by atoms with Gasteiger partial charge in [0.2, 0.25) is 5.91 Å². The molecule has 1 spiro atoms. The van der Waals surface area contributed by atoms with E-state index in [2.05, 4.69) is 29.2 Å². The number of H-pyrrole nitrogens is 1. The van der Waals surface area contributed by atoms with Crippen LogP contribution < -0.4 is 0 Å². The van der Waals surface area contributed by atoms with Crippen molar-refractivity contribution in [3.05, 3.63) is 35.5 Å². The number of ether oxygens (including phenoxy) is 2. The predicted molar refractivity (Wildman–Crippen MR) is 99.0 cm³/mol. The molecule has 0 aliphatic carbocycles. The number of piperidine rings is 1. The highest BCUT2D eigenvalue weighted by Crippen LogP contribution is 2.43. The molecule has 3 aliphatic heterocycles. The zero-order valence-electron chi connectivity index (χ0n) is 15.1. The molecule has 1 atom stereocenters. The number of aromatic nitrogens is 1. The van der Waals surface area contributed by atoms with E-state index in [0.717, 1.165) is 58.4 Å². The Hall–Kier alpha value is -1.85. The van der Waals surface area contributed by atoms with E-state index >= 15 is 0 Å². The van der Waals surface area contributed by atoms with Crippen molar-refractivity contribution < 1.29 is 14.3 Å². The maximum Gasteiger partial charge on any atom is 0.228 e. The summed E-state index contributed by atoms with van der Waals surface area (Å²) < 4.78 is 11.8. The third-order valence-electron chi connectivity index (χ3n) is 6.39. The molecule has 1 amide bonds. The third kappa shape index (κ3) is 2.57. The van der Waals surface area contributed by atoms with Crippen molar-refractivity contribution in [3.63, 3.8) is 0 Å². The topological polar surface area (TPSA) is 54.6 Å². The Morgan fingerprint density at radius 2 is 2.04 bits per heavy atom. The molecule has 5 heteroatoms. The smallest absolute Gasteiger partial charge is 0.228 e. The largest absolute Gasteiger partial charge is 0.381 e. The van der Waals surface area contributed by atoms with Gasteiger partial charge in [-0.3, -0.25) is 4.79 Å². The standard InChI is InChI=1S/C21H26N2O3/c24-20(15-4-3-12-25-14-15)23-10-8-21(9-11-23)19-17(7-13-26-21)16-5-1-2-6-18(16)22-19/h1-2,5-6,15,22H,3-4,7-14H2. The number of hydrogen-bond donors (Lipinski definition) is 1. The minimum Gasteiger partial charge on any atom is -0.381 e. The van der Waals surface area contributed by atoms with Crippen LogP contribution in [0.5, 0.6) is 0 Å². The molecule has 2 saturated heterocycles. The number of likely N-dealkylation sites (tertiary alicyclic amines) is 1. The number of benzene rings is 1. The summed E-state index contributed by atoms with van der Waals surface area (Å²) in [7, 11) is 0. The van der Waals surface area contributed by atoms with Gasteiger partial charge in [-0.25, -0.2) is 0 Å². The van der Waals surface area contributed by atoms with Crippen LogP contribution in [-0.4, -0.2) is 48.7 Å². The molecule has 3 aliphatic rings. The number of carbonyl (C=O) groups excluding carboxylic acids is 1. The number of aromatic amines is 1. The number of para-hydroxylation sites is 1. The first-order valence-electron chi connectivity index (χ1n) is 9.87. The summed E-state index contributed by atoms with van der Waals surface area (Å²) in [5, 5.41) is 1.32. The molecule has 1 aromatic heterocycles. The highest BCUT2D eigenvalue weighted by molar-refractivity contribution is 5.85. The van der Waals surface area contributed by atoms with Gasteiger partial charge >= 0.3 is 0 Å². The van der Waals surface area contributed by atoms with Crippen LogP contribution in [0.2, 0.25) is 0 Å². The number of amides is 1. The molecule has 0 saturated carbocycles. The maximum absolute atomic E-state index is 12.8. The van der Waals surface area contributed by atoms with Crippen molar-refractivity contribution in [2.24, 2.45) is 5.92 Å². The molecule has 1 N–H and O–H groups in total. The molecule has 4 heterocycles. The Morgan fingerprint density at radius 3 is 2.85 bits per heavy atom. The van der Waals surface area contributed by atoms with Crippen molar-refractivity contribution in [3.8, 4) is 0 Å². The summed E-state index contributed by atoms with van der Waals surface area (Å²) in [6.45, 7) is 3.68. The second-order valence-corrected chi connectivity index (χ2v) is 7.86. The lowest BCUT2D eigenvalue weighted by atomic mass is 9.83. The first-order valence-corrected chi connectivity index (χ1v) is 9.87. The highest BCUT2D eigenvalue weighted by atomic mass is 16.5. The second-order valence-electron chi connectivity index (χ2n) is 7.86. The predicted octanol–water partition coefficient (Wildman–Crippen LogP) is 2.98. The Balaban J connectivity index is 1.37. The zero-order chi connectivity index (χ0) is 17.6. The molecule has 5 nitrogen and oxygen atoms in total. The van der Waals surface area contributed by atoms with Crippen molar-refractivity contribution in [2.45, 2.75) is 37.7 Å². The maximum atomic E-state index is 12.8. The van der Waals surface area contributed by atoms with Crippen LogP contribution in [0, 0.1) is 5.92 Å². The van der Waals surface area contributed by atoms with E-state index in [1.807, 2.05) is 4.90 Å². The molecule has 0 radical (unpaired) electrons. The van der Waals surface area contributed by atoms with Crippen molar-refractivity contribution in [1.82, 2.24) is 9.88 Å². The molecule has 2 fully saturated rings. The molecular formula is C21H26N2O3. The Labute approximate surface area is 153 Å². The lowest BCUT2D eigenvalue weighted by molar-refractivity contribution is -0.148. The van der Waals surface area contributed by atoms with Gasteiger partial charge < -0.3 is 19.4 Å². The zero-order valence-corrected chi connectivity index (χ0v) is 15.1. The third-order valence-corrected chi connectivity index (χ3v) is 6.39. The average molecular weight is 354 g/mol. The van der Waals surface area contributed by atoms with Gasteiger partial charge in [-0.2, -0.15) is 0 Å². The molecular weight excluding hydrogens is 328 g/mol. The lowest BCUT2D eigenvalue weighted by Crippen LogP contribution is -2.50. The van der Waals surface area contributed by atoms with Gasteiger partial charge in [0.15, 0.2) is 0 Å². The van der Waals surface area contributed by atoms with E-state index in [1.54, 1.807) is 0 Å². The fourth-order valence-corrected chi connectivity index (χ4v) is 4.95. The normalized spacial score (nSPS) is 25.4. The van der Waals surface area contributed by atoms with Gasteiger partial charge in [-0.1, -0.05) is 18.2 Å². The minimum atomic E-state index is -0.257. The van der Waals surface area contributed by atoms with Gasteiger partial charge in [-0.15, -0.1) is 0 Å². The van der Waals surface area contributed by atoms with Gasteiger partial charge in [-0.05, 0) is 43.7 Å². The Morgan fingerprint density at radius 1 is 1.19 bits per heavy atom. The minimum absolute atomic E-state index is 0.0497. The number of fused-ring (bicyclic) bond motifs is 4. The summed E-state index contributed by atoms with van der Waals surface area (Å²) in [4.78, 5) is 18.5. The molecule has 0 bridgehead atoms. The van der Waals surface area contributed by atoms with Crippen molar-refractivity contribution >= 4 is 16.8 Å². The van der Waals surface area contributed by atoms with Gasteiger partial charge in [0.25, 0.3) is 0 Å². The number of hydrogen-bond acceptors (Lipinski definition) is 3. The van der Waals surface area contributed by atoms with E-state index in [9.17, 15) is 4.79 Å². The highest BCUT2D eigenvalue weighted by Gasteiger charge is 2.44. The summed E-state index contributed by atoms with van der Waals surface area (Å²) in [5.74, 6) is 0.320. The monoisotopic (exact) mass is 354 g/mol. The molecule has 26 heavy (non-hydrogen) atoms. The first-order chi connectivity index (χ1) is 12.8. The van der Waals surface area contributed by atoms with Crippen LogP contribution in [-0.2, 0) is 26.3 Å². The van der Waals surface area contributed by atoms with Gasteiger partial charge in [0.05, 0.1) is 24.8 Å². The fraction of sp³-hybridized carbons (Fsp3) is 0.571. The lowest BCUT2D eigenvalue weighted by Gasteiger charge is -2.44. The fourth-order valence-electron chi connectivity index (χ4n) is 4.95. The van der Waals surface area contributed by atoms with Crippen LogP contribution >= 0.6 is 0 Å². The van der Waals surface area contributed by atoms with Crippen molar-refractivity contribution in [2.75, 3.05) is 32.9 Å². The number of rotatable bonds is 1. The van der Waals surface area contributed by atoms with Crippen LogP contribution in [0.25, 0.3) is 10.9 Å². The van der Waals surface area contributed by atoms with E-state index < -0.39 is 0 Å². The van der Waals surface area contributed by atoms with Crippen LogP contribution in [0.1, 0.15) is 36.9 Å². The molecule has 138 valence electrons. The van der Waals surface area contributed by atoms with Crippen LogP contribution in [0.3, 0.4) is 0 Å². The van der Waals surface area contributed by atoms with Crippen molar-refractivity contribution in [1.29, 1.82) is 0 Å². The Bertz CT molecular complexity index is 814. The van der Waals surface area contributed by atoms with E-state index in [1.165, 1.54) is 22.2 Å². The Kier molecular flexibility index (Phi) is 4.02. The second kappa shape index (κ2) is 6.39. The summed E-state index contributed by atoms with van der Waals surface area (Å²) >= 11 is 0. The number of nitrogens with one attached hydrogen (secondary N) is 1. The average Bonchev–Trinajstić information content (AvgIpc) is 3.09. The SMILES string of the molecule is O=C(C1CCCOC1)N1CCC2(CC1)OCCc1c2[nH]c2ccccc12. The molecule has 2 aromatic rings. The van der Waals surface area contributed by atoms with Crippen LogP contribution in [0.15, 0.2) is 24.3 Å². The van der Waals surface area contributed by atoms with E-state index in [4.69, 9.17) is 9.47 Å². The first kappa shape index (κ1) is 16.3. The van der Waals surface area contributed by atoms with Crippen LogP contribution in [0.4, 0.5) is 0 Å². The number of carbonyl (C=O) groups is 1. The number of nitrogens with zero attached hydrogens (tertiary/aromatic N) is 1.